The van der Waals surface area contributed by atoms with Gasteiger partial charge >= 0.3 is 0 Å². The molecular weight excluding hydrogens is 226 g/mol. The fourth-order valence-electron chi connectivity index (χ4n) is 2.83. The molecule has 0 spiro atoms. The summed E-state index contributed by atoms with van der Waals surface area (Å²) in [6.45, 7) is 4.87. The Labute approximate surface area is 104 Å². The van der Waals surface area contributed by atoms with E-state index in [9.17, 15) is 4.79 Å². The van der Waals surface area contributed by atoms with Gasteiger partial charge in [-0.2, -0.15) is 0 Å². The summed E-state index contributed by atoms with van der Waals surface area (Å²) in [4.78, 5) is 16.2. The number of rotatable bonds is 1. The topological polar surface area (TPSA) is 49.6 Å². The summed E-state index contributed by atoms with van der Waals surface area (Å²) < 4.78 is 0. The lowest BCUT2D eigenvalue weighted by molar-refractivity contribution is -0.134. The molecule has 2 aliphatic heterocycles. The van der Waals surface area contributed by atoms with Gasteiger partial charge in [-0.1, -0.05) is 0 Å². The molecule has 0 saturated carbocycles. The van der Waals surface area contributed by atoms with Crippen LogP contribution in [0.4, 0.5) is 0 Å². The average molecular weight is 248 g/mol. The molecule has 3 atom stereocenters. The Morgan fingerprint density at radius 2 is 2.00 bits per heavy atom. The van der Waals surface area contributed by atoms with Gasteiger partial charge in [-0.3, -0.25) is 4.79 Å². The predicted octanol–water partition coefficient (Wildman–Crippen LogP) is 0.308. The second kappa shape index (κ2) is 5.34. The lowest BCUT2D eigenvalue weighted by atomic mass is 9.92. The van der Waals surface area contributed by atoms with Crippen molar-refractivity contribution in [3.05, 3.63) is 0 Å². The highest BCUT2D eigenvalue weighted by molar-refractivity contribution is 5.85. The van der Waals surface area contributed by atoms with Crippen molar-refractivity contribution in [1.29, 1.82) is 0 Å². The number of hydrogen-bond acceptors (Lipinski definition) is 3. The van der Waals surface area contributed by atoms with E-state index in [4.69, 9.17) is 5.73 Å². The maximum Gasteiger partial charge on any atom is 0.239 e. The van der Waals surface area contributed by atoms with E-state index in [-0.39, 0.29) is 24.4 Å². The zero-order chi connectivity index (χ0) is 11.0. The minimum atomic E-state index is -0.351. The first-order valence-electron chi connectivity index (χ1n) is 5.84. The smallest absolute Gasteiger partial charge is 0.239 e. The second-order valence-corrected chi connectivity index (χ2v) is 4.99. The Balaban J connectivity index is 0.00000128. The van der Waals surface area contributed by atoms with Gasteiger partial charge in [0.2, 0.25) is 5.91 Å². The number of halogens is 1. The van der Waals surface area contributed by atoms with Crippen molar-refractivity contribution in [3.63, 3.8) is 0 Å². The summed E-state index contributed by atoms with van der Waals surface area (Å²) in [5, 5.41) is 0. The van der Waals surface area contributed by atoms with Crippen LogP contribution in [0.5, 0.6) is 0 Å². The predicted molar refractivity (Wildman–Crippen MR) is 66.6 cm³/mol. The fraction of sp³-hybridized carbons (Fsp3) is 0.909. The molecule has 4 nitrogen and oxygen atoms in total. The molecule has 16 heavy (non-hydrogen) atoms. The molecule has 2 saturated heterocycles. The zero-order valence-electron chi connectivity index (χ0n) is 10.1. The highest BCUT2D eigenvalue weighted by Crippen LogP contribution is 2.31. The molecule has 94 valence electrons. The van der Waals surface area contributed by atoms with E-state index in [0.29, 0.717) is 12.0 Å². The van der Waals surface area contributed by atoms with Gasteiger partial charge in [-0.25, -0.2) is 0 Å². The number of carbonyl (C=O) groups excluding carboxylic acids is 1. The van der Waals surface area contributed by atoms with E-state index in [1.165, 1.54) is 13.0 Å². The fourth-order valence-corrected chi connectivity index (χ4v) is 2.83. The Bertz CT molecular complexity index is 260. The van der Waals surface area contributed by atoms with Gasteiger partial charge in [0.05, 0.1) is 6.04 Å². The van der Waals surface area contributed by atoms with Gasteiger partial charge < -0.3 is 15.5 Å². The highest BCUT2D eigenvalue weighted by Gasteiger charge is 2.40. The highest BCUT2D eigenvalue weighted by atomic mass is 35.5. The number of likely N-dealkylation sites (N-methyl/N-ethyl adjacent to an activating group) is 1. The van der Waals surface area contributed by atoms with Crippen molar-refractivity contribution in [2.45, 2.75) is 31.8 Å². The molecule has 0 aromatic rings. The molecule has 2 N–H and O–H groups in total. The molecular formula is C11H22ClN3O. The Kier molecular flexibility index (Phi) is 4.59. The van der Waals surface area contributed by atoms with Crippen LogP contribution in [0.2, 0.25) is 0 Å². The maximum atomic E-state index is 11.9. The summed E-state index contributed by atoms with van der Waals surface area (Å²) in [5.41, 5.74) is 5.67. The van der Waals surface area contributed by atoms with E-state index in [1.807, 2.05) is 4.90 Å². The van der Waals surface area contributed by atoms with Gasteiger partial charge in [0, 0.05) is 19.1 Å². The molecule has 2 aliphatic rings. The third kappa shape index (κ3) is 2.50. The lowest BCUT2D eigenvalue weighted by Gasteiger charge is -2.37. The van der Waals surface area contributed by atoms with Crippen molar-refractivity contribution in [1.82, 2.24) is 9.80 Å². The second-order valence-electron chi connectivity index (χ2n) is 4.99. The van der Waals surface area contributed by atoms with Crippen molar-refractivity contribution in [2.75, 3.05) is 26.7 Å². The molecule has 0 aliphatic carbocycles. The van der Waals surface area contributed by atoms with E-state index >= 15 is 0 Å². The van der Waals surface area contributed by atoms with Crippen LogP contribution < -0.4 is 5.73 Å². The molecule has 0 radical (unpaired) electrons. The van der Waals surface area contributed by atoms with Crippen LogP contribution in [0.1, 0.15) is 19.8 Å². The van der Waals surface area contributed by atoms with Crippen LogP contribution in [-0.4, -0.2) is 54.5 Å². The minimum Gasteiger partial charge on any atom is -0.337 e. The number of piperidine rings is 1. The molecule has 0 bridgehead atoms. The zero-order valence-corrected chi connectivity index (χ0v) is 10.9. The molecule has 2 fully saturated rings. The Morgan fingerprint density at radius 1 is 1.38 bits per heavy atom. The van der Waals surface area contributed by atoms with Crippen molar-refractivity contribution < 1.29 is 4.79 Å². The van der Waals surface area contributed by atoms with Crippen molar-refractivity contribution >= 4 is 18.3 Å². The van der Waals surface area contributed by atoms with Crippen LogP contribution in [0.15, 0.2) is 0 Å². The van der Waals surface area contributed by atoms with Crippen LogP contribution in [0, 0.1) is 5.92 Å². The maximum absolute atomic E-state index is 11.9. The van der Waals surface area contributed by atoms with Crippen LogP contribution in [-0.2, 0) is 4.79 Å². The number of nitrogens with zero attached hydrogens (tertiary/aromatic N) is 2. The van der Waals surface area contributed by atoms with E-state index in [1.54, 1.807) is 6.92 Å². The standard InChI is InChI=1S/C11H21N3O.ClH/c1-8(12)11(15)14-6-4-9-3-5-13(2)7-10(9)14;/h8-10H,3-7,12H2,1-2H3;1H. The first-order valence-corrected chi connectivity index (χ1v) is 5.84. The SMILES string of the molecule is CC(N)C(=O)N1CCC2CCN(C)CC21.Cl. The van der Waals surface area contributed by atoms with Crippen LogP contribution in [0.25, 0.3) is 0 Å². The lowest BCUT2D eigenvalue weighted by Crippen LogP contribution is -2.52. The summed E-state index contributed by atoms with van der Waals surface area (Å²) in [6.07, 6.45) is 2.39. The normalized spacial score (nSPS) is 31.8. The molecule has 0 aromatic heterocycles. The quantitative estimate of drug-likeness (QED) is 0.726. The molecule has 3 unspecified atom stereocenters. The molecule has 2 rings (SSSR count). The number of amides is 1. The summed E-state index contributed by atoms with van der Waals surface area (Å²) in [7, 11) is 2.13. The number of likely N-dealkylation sites (tertiary alicyclic amines) is 2. The van der Waals surface area contributed by atoms with Gasteiger partial charge in [-0.15, -0.1) is 12.4 Å². The Morgan fingerprint density at radius 3 is 2.62 bits per heavy atom. The van der Waals surface area contributed by atoms with Crippen molar-refractivity contribution in [2.24, 2.45) is 11.7 Å². The molecule has 2 heterocycles. The number of fused-ring (bicyclic) bond motifs is 1. The molecule has 5 heteroatoms. The number of nitrogens with two attached hydrogens (primary N) is 1. The first-order chi connectivity index (χ1) is 7.09. The van der Waals surface area contributed by atoms with E-state index in [2.05, 4.69) is 11.9 Å². The van der Waals surface area contributed by atoms with Gasteiger partial charge in [0.25, 0.3) is 0 Å². The third-order valence-electron chi connectivity index (χ3n) is 3.74. The van der Waals surface area contributed by atoms with Gasteiger partial charge in [0.15, 0.2) is 0 Å². The largest absolute Gasteiger partial charge is 0.337 e. The van der Waals surface area contributed by atoms with Crippen molar-refractivity contribution in [3.8, 4) is 0 Å². The van der Waals surface area contributed by atoms with E-state index in [0.717, 1.165) is 19.5 Å². The number of hydrogen-bond donors (Lipinski definition) is 1. The van der Waals surface area contributed by atoms with Gasteiger partial charge in [-0.05, 0) is 39.3 Å². The third-order valence-corrected chi connectivity index (χ3v) is 3.74. The van der Waals surface area contributed by atoms with Crippen LogP contribution >= 0.6 is 12.4 Å². The van der Waals surface area contributed by atoms with E-state index < -0.39 is 0 Å². The number of carbonyl (C=O) groups is 1. The van der Waals surface area contributed by atoms with Gasteiger partial charge in [0.1, 0.15) is 0 Å². The summed E-state index contributed by atoms with van der Waals surface area (Å²) in [6, 6.07) is 0.0678. The molecule has 1 amide bonds. The summed E-state index contributed by atoms with van der Waals surface area (Å²) >= 11 is 0. The Hall–Kier alpha value is -0.320. The monoisotopic (exact) mass is 247 g/mol. The molecule has 0 aromatic carbocycles. The van der Waals surface area contributed by atoms with Crippen LogP contribution in [0.3, 0.4) is 0 Å². The average Bonchev–Trinajstić information content (AvgIpc) is 2.59. The first kappa shape index (κ1) is 13.7. The summed E-state index contributed by atoms with van der Waals surface area (Å²) in [5.74, 6) is 0.835. The minimum absolute atomic E-state index is 0.